The zero-order chi connectivity index (χ0) is 14.8. The standard InChI is InChI=1S/C14H13N3O2S2/c1-9-8-21-14-16-7-11(13(19)17(9)14)12(18)15-5-4-10-3-2-6-20-10/h2-3,6-8H,4-5H2,1H3,(H,15,18). The summed E-state index contributed by atoms with van der Waals surface area (Å²) in [6, 6.07) is 4.00. The highest BCUT2D eigenvalue weighted by Crippen LogP contribution is 2.11. The van der Waals surface area contributed by atoms with E-state index >= 15 is 0 Å². The molecule has 0 saturated heterocycles. The summed E-state index contributed by atoms with van der Waals surface area (Å²) in [6.45, 7) is 2.33. The molecule has 1 N–H and O–H groups in total. The van der Waals surface area contributed by atoms with Gasteiger partial charge in [-0.2, -0.15) is 0 Å². The number of carbonyl (C=O) groups excluding carboxylic acids is 1. The molecule has 0 aliphatic heterocycles. The molecule has 0 saturated carbocycles. The van der Waals surface area contributed by atoms with Crippen molar-refractivity contribution in [3.8, 4) is 0 Å². The van der Waals surface area contributed by atoms with Crippen LogP contribution in [-0.4, -0.2) is 21.8 Å². The van der Waals surface area contributed by atoms with Gasteiger partial charge in [-0.15, -0.1) is 22.7 Å². The van der Waals surface area contributed by atoms with Crippen LogP contribution >= 0.6 is 22.7 Å². The fourth-order valence-electron chi connectivity index (χ4n) is 2.03. The second-order valence-electron chi connectivity index (χ2n) is 4.56. The van der Waals surface area contributed by atoms with Gasteiger partial charge >= 0.3 is 0 Å². The predicted molar refractivity (Wildman–Crippen MR) is 84.4 cm³/mol. The first kappa shape index (κ1) is 14.0. The predicted octanol–water partition coefficient (Wildman–Crippen LogP) is 2.10. The third kappa shape index (κ3) is 2.74. The van der Waals surface area contributed by atoms with Gasteiger partial charge in [0, 0.05) is 28.7 Å². The fraction of sp³-hybridized carbons (Fsp3) is 0.214. The molecule has 0 unspecified atom stereocenters. The Bertz CT molecular complexity index is 834. The smallest absolute Gasteiger partial charge is 0.271 e. The summed E-state index contributed by atoms with van der Waals surface area (Å²) >= 11 is 3.04. The molecule has 1 amide bonds. The van der Waals surface area contributed by atoms with Crippen LogP contribution in [0.3, 0.4) is 0 Å². The highest BCUT2D eigenvalue weighted by molar-refractivity contribution is 7.15. The Kier molecular flexibility index (Phi) is 3.85. The highest BCUT2D eigenvalue weighted by Gasteiger charge is 2.14. The molecule has 0 radical (unpaired) electrons. The Morgan fingerprint density at radius 3 is 3.05 bits per heavy atom. The van der Waals surface area contributed by atoms with E-state index in [1.54, 1.807) is 11.3 Å². The number of hydrogen-bond acceptors (Lipinski definition) is 5. The van der Waals surface area contributed by atoms with E-state index in [2.05, 4.69) is 10.3 Å². The number of fused-ring (bicyclic) bond motifs is 1. The quantitative estimate of drug-likeness (QED) is 0.801. The Balaban J connectivity index is 1.77. The van der Waals surface area contributed by atoms with Gasteiger partial charge in [0.05, 0.1) is 0 Å². The number of nitrogens with one attached hydrogen (secondary N) is 1. The van der Waals surface area contributed by atoms with Crippen LogP contribution in [0.4, 0.5) is 0 Å². The summed E-state index contributed by atoms with van der Waals surface area (Å²) < 4.78 is 1.47. The molecule has 3 rings (SSSR count). The lowest BCUT2D eigenvalue weighted by Gasteiger charge is -2.04. The van der Waals surface area contributed by atoms with Crippen molar-refractivity contribution in [2.24, 2.45) is 0 Å². The first-order valence-corrected chi connectivity index (χ1v) is 8.19. The molecule has 0 atom stereocenters. The molecule has 3 heterocycles. The van der Waals surface area contributed by atoms with Crippen molar-refractivity contribution in [2.75, 3.05) is 6.54 Å². The number of thiazole rings is 1. The van der Waals surface area contributed by atoms with Crippen LogP contribution in [0.25, 0.3) is 4.96 Å². The zero-order valence-electron chi connectivity index (χ0n) is 11.3. The summed E-state index contributed by atoms with van der Waals surface area (Å²) in [5.74, 6) is -0.371. The number of rotatable bonds is 4. The molecule has 0 aromatic carbocycles. The van der Waals surface area contributed by atoms with Crippen LogP contribution in [-0.2, 0) is 6.42 Å². The minimum atomic E-state index is -0.371. The summed E-state index contributed by atoms with van der Waals surface area (Å²) in [6.07, 6.45) is 2.12. The topological polar surface area (TPSA) is 63.5 Å². The molecule has 7 heteroatoms. The van der Waals surface area contributed by atoms with Crippen molar-refractivity contribution in [3.63, 3.8) is 0 Å². The Labute approximate surface area is 128 Å². The molecule has 3 aromatic rings. The maximum absolute atomic E-state index is 12.3. The minimum Gasteiger partial charge on any atom is -0.351 e. The van der Waals surface area contributed by atoms with Gasteiger partial charge in [-0.05, 0) is 24.8 Å². The lowest BCUT2D eigenvalue weighted by atomic mass is 10.3. The second kappa shape index (κ2) is 5.79. The van der Waals surface area contributed by atoms with Gasteiger partial charge < -0.3 is 5.32 Å². The van der Waals surface area contributed by atoms with E-state index in [1.807, 2.05) is 29.8 Å². The number of hydrogen-bond donors (Lipinski definition) is 1. The molecule has 21 heavy (non-hydrogen) atoms. The van der Waals surface area contributed by atoms with Crippen LogP contribution < -0.4 is 10.9 Å². The first-order chi connectivity index (χ1) is 10.2. The Morgan fingerprint density at radius 2 is 2.29 bits per heavy atom. The molecule has 108 valence electrons. The lowest BCUT2D eigenvalue weighted by Crippen LogP contribution is -2.32. The van der Waals surface area contributed by atoms with E-state index in [1.165, 1.54) is 26.8 Å². The maximum Gasteiger partial charge on any atom is 0.271 e. The SMILES string of the molecule is Cc1csc2ncc(C(=O)NCCc3cccs3)c(=O)n12. The summed E-state index contributed by atoms with van der Waals surface area (Å²) in [7, 11) is 0. The van der Waals surface area contributed by atoms with E-state index in [0.29, 0.717) is 11.5 Å². The molecule has 0 aliphatic carbocycles. The van der Waals surface area contributed by atoms with Crippen LogP contribution in [0.2, 0.25) is 0 Å². The normalized spacial score (nSPS) is 10.9. The summed E-state index contributed by atoms with van der Waals surface area (Å²) in [4.78, 5) is 30.4. The zero-order valence-corrected chi connectivity index (χ0v) is 13.0. The molecule has 0 fully saturated rings. The van der Waals surface area contributed by atoms with Crippen molar-refractivity contribution in [2.45, 2.75) is 13.3 Å². The van der Waals surface area contributed by atoms with Gasteiger partial charge in [0.2, 0.25) is 0 Å². The second-order valence-corrected chi connectivity index (χ2v) is 6.43. The van der Waals surface area contributed by atoms with Gasteiger partial charge in [0.25, 0.3) is 11.5 Å². The van der Waals surface area contributed by atoms with E-state index in [0.717, 1.165) is 12.1 Å². The van der Waals surface area contributed by atoms with Gasteiger partial charge in [-0.1, -0.05) is 6.07 Å². The van der Waals surface area contributed by atoms with Crippen molar-refractivity contribution in [1.29, 1.82) is 0 Å². The third-order valence-corrected chi connectivity index (χ3v) is 4.99. The average molecular weight is 319 g/mol. The maximum atomic E-state index is 12.3. The number of amides is 1. The Morgan fingerprint density at radius 1 is 1.43 bits per heavy atom. The molecular weight excluding hydrogens is 306 g/mol. The average Bonchev–Trinajstić information content (AvgIpc) is 3.09. The monoisotopic (exact) mass is 319 g/mol. The number of thiophene rings is 1. The van der Waals surface area contributed by atoms with Gasteiger partial charge in [-0.25, -0.2) is 4.98 Å². The largest absolute Gasteiger partial charge is 0.351 e. The lowest BCUT2D eigenvalue weighted by molar-refractivity contribution is 0.0952. The number of nitrogens with zero attached hydrogens (tertiary/aromatic N) is 2. The van der Waals surface area contributed by atoms with E-state index < -0.39 is 0 Å². The molecule has 3 aromatic heterocycles. The first-order valence-electron chi connectivity index (χ1n) is 6.43. The van der Waals surface area contributed by atoms with Crippen molar-refractivity contribution in [3.05, 3.63) is 55.6 Å². The highest BCUT2D eigenvalue weighted by atomic mass is 32.1. The van der Waals surface area contributed by atoms with Crippen molar-refractivity contribution >= 4 is 33.5 Å². The van der Waals surface area contributed by atoms with Crippen molar-refractivity contribution in [1.82, 2.24) is 14.7 Å². The molecule has 5 nitrogen and oxygen atoms in total. The molecule has 0 bridgehead atoms. The summed E-state index contributed by atoms with van der Waals surface area (Å²) in [5, 5.41) is 6.62. The van der Waals surface area contributed by atoms with E-state index in [-0.39, 0.29) is 17.0 Å². The fourth-order valence-corrected chi connectivity index (χ4v) is 3.57. The van der Waals surface area contributed by atoms with Gasteiger partial charge in [-0.3, -0.25) is 14.0 Å². The number of aromatic nitrogens is 2. The molecule has 0 aliphatic rings. The summed E-state index contributed by atoms with van der Waals surface area (Å²) in [5.41, 5.74) is 0.563. The van der Waals surface area contributed by atoms with Crippen LogP contribution in [0.1, 0.15) is 20.9 Å². The van der Waals surface area contributed by atoms with Gasteiger partial charge in [0.1, 0.15) is 5.56 Å². The van der Waals surface area contributed by atoms with Gasteiger partial charge in [0.15, 0.2) is 4.96 Å². The van der Waals surface area contributed by atoms with Crippen LogP contribution in [0.5, 0.6) is 0 Å². The molecular formula is C14H13N3O2S2. The van der Waals surface area contributed by atoms with Crippen LogP contribution in [0.15, 0.2) is 33.9 Å². The van der Waals surface area contributed by atoms with Crippen LogP contribution in [0, 0.1) is 6.92 Å². The van der Waals surface area contributed by atoms with E-state index in [9.17, 15) is 9.59 Å². The number of carbonyl (C=O) groups is 1. The Hall–Kier alpha value is -1.99. The van der Waals surface area contributed by atoms with Crippen molar-refractivity contribution < 1.29 is 4.79 Å². The minimum absolute atomic E-state index is 0.0835. The number of aryl methyl sites for hydroxylation is 1. The van der Waals surface area contributed by atoms with E-state index in [4.69, 9.17) is 0 Å². The third-order valence-electron chi connectivity index (χ3n) is 3.10. The molecule has 0 spiro atoms.